The lowest BCUT2D eigenvalue weighted by Gasteiger charge is -2.28. The van der Waals surface area contributed by atoms with E-state index in [4.69, 9.17) is 4.74 Å². The molecule has 0 bridgehead atoms. The van der Waals surface area contributed by atoms with E-state index in [0.717, 1.165) is 25.7 Å². The third-order valence-corrected chi connectivity index (χ3v) is 3.73. The van der Waals surface area contributed by atoms with Crippen LogP contribution in [0.1, 0.15) is 72.1 Å². The van der Waals surface area contributed by atoms with Crippen LogP contribution in [0.4, 0.5) is 0 Å². The predicted octanol–water partition coefficient (Wildman–Crippen LogP) is 4.33. The van der Waals surface area contributed by atoms with Gasteiger partial charge in [0.05, 0.1) is 12.5 Å². The number of carbonyl (C=O) groups is 1. The van der Waals surface area contributed by atoms with E-state index < -0.39 is 0 Å². The molecule has 2 heteroatoms. The summed E-state index contributed by atoms with van der Waals surface area (Å²) in [5.74, 6) is -0.0204. The summed E-state index contributed by atoms with van der Waals surface area (Å²) < 4.78 is 4.94. The highest BCUT2D eigenvalue weighted by Crippen LogP contribution is 2.34. The highest BCUT2D eigenvalue weighted by molar-refractivity contribution is 5.76. The number of rotatable bonds is 9. The molecule has 0 rings (SSSR count). The number of hydrogen-bond acceptors (Lipinski definition) is 2. The Balaban J connectivity index is 4.07. The van der Waals surface area contributed by atoms with Crippen molar-refractivity contribution in [1.29, 1.82) is 0 Å². The summed E-state index contributed by atoms with van der Waals surface area (Å²) in [6, 6.07) is 0. The van der Waals surface area contributed by atoms with Crippen molar-refractivity contribution in [2.24, 2.45) is 5.41 Å². The Morgan fingerprint density at radius 1 is 1.00 bits per heavy atom. The first-order chi connectivity index (χ1) is 7.66. The summed E-state index contributed by atoms with van der Waals surface area (Å²) in [7, 11) is 1.50. The number of methoxy groups -OCH3 is 1. The van der Waals surface area contributed by atoms with Crippen molar-refractivity contribution in [3.05, 3.63) is 0 Å². The fraction of sp³-hybridized carbons (Fsp3) is 0.929. The lowest BCUT2D eigenvalue weighted by Crippen LogP contribution is -2.31. The van der Waals surface area contributed by atoms with Crippen LogP contribution in [0.3, 0.4) is 0 Å². The van der Waals surface area contributed by atoms with Crippen LogP contribution >= 0.6 is 0 Å². The molecule has 0 aliphatic carbocycles. The van der Waals surface area contributed by atoms with Gasteiger partial charge in [-0.25, -0.2) is 0 Å². The number of esters is 1. The molecule has 0 aromatic rings. The van der Waals surface area contributed by atoms with E-state index in [1.165, 1.54) is 32.8 Å². The van der Waals surface area contributed by atoms with Gasteiger partial charge >= 0.3 is 5.97 Å². The van der Waals surface area contributed by atoms with Gasteiger partial charge in [0.15, 0.2) is 0 Å². The van der Waals surface area contributed by atoms with Gasteiger partial charge in [0.2, 0.25) is 0 Å². The molecule has 0 amide bonds. The molecule has 0 aliphatic heterocycles. The fourth-order valence-electron chi connectivity index (χ4n) is 2.28. The topological polar surface area (TPSA) is 26.3 Å². The zero-order chi connectivity index (χ0) is 12.4. The zero-order valence-electron chi connectivity index (χ0n) is 11.5. The molecule has 0 N–H and O–H groups in total. The SMILES string of the molecule is CCCCCCCC(CC)(CC)C(=O)OC. The molecule has 16 heavy (non-hydrogen) atoms. The first-order valence-electron chi connectivity index (χ1n) is 6.75. The minimum atomic E-state index is -0.221. The molecule has 2 nitrogen and oxygen atoms in total. The van der Waals surface area contributed by atoms with Crippen molar-refractivity contribution < 1.29 is 9.53 Å². The normalized spacial score (nSPS) is 11.5. The predicted molar refractivity (Wildman–Crippen MR) is 68.4 cm³/mol. The summed E-state index contributed by atoms with van der Waals surface area (Å²) in [5, 5.41) is 0. The van der Waals surface area contributed by atoms with Gasteiger partial charge in [-0.1, -0.05) is 52.9 Å². The second-order valence-electron chi connectivity index (χ2n) is 4.64. The van der Waals surface area contributed by atoms with Gasteiger partial charge in [0, 0.05) is 0 Å². The maximum Gasteiger partial charge on any atom is 0.311 e. The van der Waals surface area contributed by atoms with Crippen molar-refractivity contribution in [1.82, 2.24) is 0 Å². The summed E-state index contributed by atoms with van der Waals surface area (Å²) >= 11 is 0. The Morgan fingerprint density at radius 2 is 1.56 bits per heavy atom. The van der Waals surface area contributed by atoms with Crippen LogP contribution in [0.5, 0.6) is 0 Å². The molecular weight excluding hydrogens is 200 g/mol. The largest absolute Gasteiger partial charge is 0.469 e. The quantitative estimate of drug-likeness (QED) is 0.434. The standard InChI is InChI=1S/C14H28O2/c1-5-8-9-10-11-12-14(6-2,7-3)13(15)16-4/h5-12H2,1-4H3. The first kappa shape index (κ1) is 15.5. The Kier molecular flexibility index (Phi) is 8.32. The van der Waals surface area contributed by atoms with Gasteiger partial charge in [-0.05, 0) is 19.3 Å². The number of hydrogen-bond donors (Lipinski definition) is 0. The molecule has 0 atom stereocenters. The number of unbranched alkanes of at least 4 members (excludes halogenated alkanes) is 4. The van der Waals surface area contributed by atoms with Crippen molar-refractivity contribution in [3.8, 4) is 0 Å². The Morgan fingerprint density at radius 3 is 2.00 bits per heavy atom. The molecule has 0 saturated carbocycles. The van der Waals surface area contributed by atoms with Crippen LogP contribution in [0.2, 0.25) is 0 Å². The molecule has 96 valence electrons. The molecule has 0 unspecified atom stereocenters. The third kappa shape index (κ3) is 4.54. The highest BCUT2D eigenvalue weighted by Gasteiger charge is 2.34. The van der Waals surface area contributed by atoms with E-state index in [-0.39, 0.29) is 11.4 Å². The van der Waals surface area contributed by atoms with Crippen LogP contribution in [0.25, 0.3) is 0 Å². The molecule has 0 heterocycles. The summed E-state index contributed by atoms with van der Waals surface area (Å²) in [6.07, 6.45) is 9.03. The van der Waals surface area contributed by atoms with Gasteiger partial charge in [0.1, 0.15) is 0 Å². The van der Waals surface area contributed by atoms with Crippen molar-refractivity contribution in [2.45, 2.75) is 72.1 Å². The summed E-state index contributed by atoms with van der Waals surface area (Å²) in [5.41, 5.74) is -0.221. The van der Waals surface area contributed by atoms with E-state index in [1.807, 2.05) is 0 Å². The molecule has 0 aliphatic rings. The van der Waals surface area contributed by atoms with Crippen molar-refractivity contribution in [2.75, 3.05) is 7.11 Å². The van der Waals surface area contributed by atoms with Crippen LogP contribution in [-0.2, 0) is 9.53 Å². The minimum Gasteiger partial charge on any atom is -0.469 e. The van der Waals surface area contributed by atoms with E-state index in [0.29, 0.717) is 0 Å². The lowest BCUT2D eigenvalue weighted by atomic mass is 9.77. The van der Waals surface area contributed by atoms with Gasteiger partial charge in [-0.3, -0.25) is 4.79 Å². The second-order valence-corrected chi connectivity index (χ2v) is 4.64. The van der Waals surface area contributed by atoms with Gasteiger partial charge in [-0.15, -0.1) is 0 Å². The monoisotopic (exact) mass is 228 g/mol. The van der Waals surface area contributed by atoms with Gasteiger partial charge in [-0.2, -0.15) is 0 Å². The van der Waals surface area contributed by atoms with Gasteiger partial charge < -0.3 is 4.74 Å². The van der Waals surface area contributed by atoms with E-state index in [2.05, 4.69) is 20.8 Å². The van der Waals surface area contributed by atoms with Crippen LogP contribution < -0.4 is 0 Å². The molecular formula is C14H28O2. The Hall–Kier alpha value is -0.530. The van der Waals surface area contributed by atoms with Crippen molar-refractivity contribution >= 4 is 5.97 Å². The van der Waals surface area contributed by atoms with Crippen LogP contribution in [-0.4, -0.2) is 13.1 Å². The van der Waals surface area contributed by atoms with E-state index >= 15 is 0 Å². The maximum absolute atomic E-state index is 11.8. The minimum absolute atomic E-state index is 0.0204. The Bertz CT molecular complexity index is 183. The average molecular weight is 228 g/mol. The average Bonchev–Trinajstić information content (AvgIpc) is 2.33. The molecule has 0 fully saturated rings. The van der Waals surface area contributed by atoms with E-state index in [1.54, 1.807) is 0 Å². The van der Waals surface area contributed by atoms with Crippen LogP contribution in [0.15, 0.2) is 0 Å². The molecule has 0 aromatic carbocycles. The first-order valence-corrected chi connectivity index (χ1v) is 6.75. The lowest BCUT2D eigenvalue weighted by molar-refractivity contribution is -0.154. The number of carbonyl (C=O) groups excluding carboxylic acids is 1. The van der Waals surface area contributed by atoms with E-state index in [9.17, 15) is 4.79 Å². The van der Waals surface area contributed by atoms with Crippen LogP contribution in [0, 0.1) is 5.41 Å². The summed E-state index contributed by atoms with van der Waals surface area (Å²) in [6.45, 7) is 6.40. The smallest absolute Gasteiger partial charge is 0.311 e. The zero-order valence-corrected chi connectivity index (χ0v) is 11.5. The Labute approximate surface area is 101 Å². The molecule has 0 spiro atoms. The van der Waals surface area contributed by atoms with Gasteiger partial charge in [0.25, 0.3) is 0 Å². The maximum atomic E-state index is 11.8. The third-order valence-electron chi connectivity index (χ3n) is 3.73. The molecule has 0 radical (unpaired) electrons. The summed E-state index contributed by atoms with van der Waals surface area (Å²) in [4.78, 5) is 11.8. The molecule has 0 aromatic heterocycles. The highest BCUT2D eigenvalue weighted by atomic mass is 16.5. The van der Waals surface area contributed by atoms with Crippen molar-refractivity contribution in [3.63, 3.8) is 0 Å². The fourth-order valence-corrected chi connectivity index (χ4v) is 2.28. The number of ether oxygens (including phenoxy) is 1. The second kappa shape index (κ2) is 8.60. The molecule has 0 saturated heterocycles.